The first-order chi connectivity index (χ1) is 12.3. The summed E-state index contributed by atoms with van der Waals surface area (Å²) in [7, 11) is -1.41. The van der Waals surface area contributed by atoms with E-state index >= 15 is 0 Å². The lowest BCUT2D eigenvalue weighted by atomic mass is 10.1. The lowest BCUT2D eigenvalue weighted by Gasteiger charge is -2.12. The molecule has 0 spiro atoms. The molecule has 1 heterocycles. The zero-order chi connectivity index (χ0) is 19.2. The molecule has 0 aromatic heterocycles. The molecule has 1 saturated heterocycles. The second-order valence-electron chi connectivity index (χ2n) is 6.88. The van der Waals surface area contributed by atoms with Crippen LogP contribution in [0.15, 0.2) is 23.3 Å². The number of hydrogen-bond acceptors (Lipinski definition) is 6. The maximum absolute atomic E-state index is 11.9. The van der Waals surface area contributed by atoms with E-state index < -0.39 is 9.84 Å². The smallest absolute Gasteiger partial charge is 0.240 e. The minimum Gasteiger partial charge on any atom is -0.493 e. The van der Waals surface area contributed by atoms with E-state index in [0.717, 1.165) is 5.56 Å². The van der Waals surface area contributed by atoms with Crippen molar-refractivity contribution in [3.63, 3.8) is 0 Å². The number of rotatable bonds is 8. The van der Waals surface area contributed by atoms with Crippen LogP contribution in [0, 0.1) is 11.8 Å². The van der Waals surface area contributed by atoms with Gasteiger partial charge in [0.05, 0.1) is 31.4 Å². The van der Waals surface area contributed by atoms with Gasteiger partial charge in [0.1, 0.15) is 0 Å². The predicted octanol–water partition coefficient (Wildman–Crippen LogP) is 2.00. The van der Waals surface area contributed by atoms with Crippen molar-refractivity contribution >= 4 is 22.0 Å². The van der Waals surface area contributed by atoms with Crippen LogP contribution in [0.2, 0.25) is 0 Å². The van der Waals surface area contributed by atoms with Crippen LogP contribution in [-0.4, -0.2) is 45.8 Å². The number of ether oxygens (including phenoxy) is 2. The summed E-state index contributed by atoms with van der Waals surface area (Å²) in [6, 6.07) is 5.39. The van der Waals surface area contributed by atoms with Gasteiger partial charge in [0.25, 0.3) is 0 Å². The van der Waals surface area contributed by atoms with E-state index in [-0.39, 0.29) is 29.8 Å². The molecule has 2 rings (SSSR count). The molecule has 0 aliphatic carbocycles. The second-order valence-corrected chi connectivity index (χ2v) is 9.11. The topological polar surface area (TPSA) is 94.1 Å². The third-order valence-corrected chi connectivity index (χ3v) is 5.80. The number of nitrogens with one attached hydrogen (secondary N) is 1. The van der Waals surface area contributed by atoms with E-state index in [0.29, 0.717) is 30.4 Å². The molecule has 1 aliphatic rings. The molecule has 0 unspecified atom stereocenters. The van der Waals surface area contributed by atoms with E-state index in [9.17, 15) is 13.2 Å². The lowest BCUT2D eigenvalue weighted by molar-refractivity contribution is -0.121. The van der Waals surface area contributed by atoms with E-state index in [2.05, 4.69) is 24.4 Å². The highest BCUT2D eigenvalue weighted by atomic mass is 32.2. The van der Waals surface area contributed by atoms with Gasteiger partial charge in [0, 0.05) is 6.42 Å². The maximum atomic E-state index is 11.9. The number of hydrogen-bond donors (Lipinski definition) is 1. The van der Waals surface area contributed by atoms with Gasteiger partial charge in [-0.2, -0.15) is 5.10 Å². The molecule has 1 aromatic carbocycles. The summed E-state index contributed by atoms with van der Waals surface area (Å²) in [5, 5.41) is 3.93. The molecule has 0 bridgehead atoms. The molecule has 1 aromatic rings. The first-order valence-electron chi connectivity index (χ1n) is 8.62. The number of carbonyl (C=O) groups excluding carboxylic acids is 1. The fourth-order valence-electron chi connectivity index (χ4n) is 2.66. The number of carbonyl (C=O) groups is 1. The van der Waals surface area contributed by atoms with Gasteiger partial charge in [-0.05, 0) is 42.0 Å². The van der Waals surface area contributed by atoms with Gasteiger partial charge in [-0.15, -0.1) is 0 Å². The van der Waals surface area contributed by atoms with Gasteiger partial charge in [-0.25, -0.2) is 13.8 Å². The maximum Gasteiger partial charge on any atom is 0.240 e. The van der Waals surface area contributed by atoms with Crippen LogP contribution in [0.1, 0.15) is 32.3 Å². The highest BCUT2D eigenvalue weighted by Crippen LogP contribution is 2.28. The molecule has 1 amide bonds. The Hall–Kier alpha value is -2.09. The number of amides is 1. The summed E-state index contributed by atoms with van der Waals surface area (Å²) in [5.74, 6) is 1.51. The SMILES string of the molecule is COc1cc(/C=N\NC(=O)C[C@H]2CCS(=O)(=O)C2)ccc1OCC(C)C. The number of methoxy groups -OCH3 is 1. The van der Waals surface area contributed by atoms with Crippen LogP contribution < -0.4 is 14.9 Å². The lowest BCUT2D eigenvalue weighted by Crippen LogP contribution is -2.21. The average Bonchev–Trinajstić information content (AvgIpc) is 2.91. The Labute approximate surface area is 154 Å². The zero-order valence-corrected chi connectivity index (χ0v) is 16.2. The fourth-order valence-corrected chi connectivity index (χ4v) is 4.52. The number of sulfone groups is 1. The summed E-state index contributed by atoms with van der Waals surface area (Å²) in [4.78, 5) is 11.9. The summed E-state index contributed by atoms with van der Waals surface area (Å²) in [5.41, 5.74) is 3.19. The van der Waals surface area contributed by atoms with E-state index in [1.54, 1.807) is 19.2 Å². The third kappa shape index (κ3) is 6.33. The molecule has 1 atom stereocenters. The highest BCUT2D eigenvalue weighted by Gasteiger charge is 2.29. The molecule has 1 fully saturated rings. The molecule has 0 saturated carbocycles. The van der Waals surface area contributed by atoms with Crippen LogP contribution in [0.25, 0.3) is 0 Å². The minimum absolute atomic E-state index is 0.0825. The predicted molar refractivity (Wildman–Crippen MR) is 100 cm³/mol. The molecule has 7 nitrogen and oxygen atoms in total. The van der Waals surface area contributed by atoms with Crippen LogP contribution in [0.3, 0.4) is 0 Å². The Morgan fingerprint density at radius 1 is 1.38 bits per heavy atom. The van der Waals surface area contributed by atoms with Crippen LogP contribution in [0.4, 0.5) is 0 Å². The van der Waals surface area contributed by atoms with Crippen molar-refractivity contribution in [2.24, 2.45) is 16.9 Å². The van der Waals surface area contributed by atoms with Crippen molar-refractivity contribution in [3.05, 3.63) is 23.8 Å². The number of hydrazone groups is 1. The van der Waals surface area contributed by atoms with Crippen LogP contribution in [0.5, 0.6) is 11.5 Å². The molecule has 8 heteroatoms. The third-order valence-electron chi connectivity index (χ3n) is 3.96. The highest BCUT2D eigenvalue weighted by molar-refractivity contribution is 7.91. The van der Waals surface area contributed by atoms with Gasteiger partial charge < -0.3 is 9.47 Å². The van der Waals surface area contributed by atoms with Crippen molar-refractivity contribution in [3.8, 4) is 11.5 Å². The van der Waals surface area contributed by atoms with Crippen molar-refractivity contribution in [2.75, 3.05) is 25.2 Å². The largest absolute Gasteiger partial charge is 0.493 e. The van der Waals surface area contributed by atoms with Crippen molar-refractivity contribution in [2.45, 2.75) is 26.7 Å². The molecular weight excluding hydrogens is 356 g/mol. The van der Waals surface area contributed by atoms with Gasteiger partial charge >= 0.3 is 0 Å². The molecule has 144 valence electrons. The van der Waals surface area contributed by atoms with Gasteiger partial charge in [0.2, 0.25) is 5.91 Å². The van der Waals surface area contributed by atoms with Crippen LogP contribution >= 0.6 is 0 Å². The number of benzene rings is 1. The Bertz CT molecular complexity index is 759. The summed E-state index contributed by atoms with van der Waals surface area (Å²) < 4.78 is 33.8. The van der Waals surface area contributed by atoms with Crippen molar-refractivity contribution < 1.29 is 22.7 Å². The molecular formula is C18H26N2O5S. The van der Waals surface area contributed by atoms with Crippen LogP contribution in [-0.2, 0) is 14.6 Å². The van der Waals surface area contributed by atoms with E-state index in [1.165, 1.54) is 6.21 Å². The quantitative estimate of drug-likeness (QED) is 0.548. The minimum atomic E-state index is -2.97. The first-order valence-corrected chi connectivity index (χ1v) is 10.4. The average molecular weight is 382 g/mol. The molecule has 1 N–H and O–H groups in total. The first kappa shape index (κ1) is 20.2. The Kier molecular flexibility index (Phi) is 7.02. The monoisotopic (exact) mass is 382 g/mol. The van der Waals surface area contributed by atoms with E-state index in [1.807, 2.05) is 6.07 Å². The Balaban J connectivity index is 1.88. The van der Waals surface area contributed by atoms with Crippen molar-refractivity contribution in [1.82, 2.24) is 5.43 Å². The molecule has 1 aliphatic heterocycles. The Morgan fingerprint density at radius 2 is 2.15 bits per heavy atom. The van der Waals surface area contributed by atoms with Gasteiger partial charge in [0.15, 0.2) is 21.3 Å². The normalized spacial score (nSPS) is 19.0. The number of nitrogens with zero attached hydrogens (tertiary/aromatic N) is 1. The van der Waals surface area contributed by atoms with Gasteiger partial charge in [-0.1, -0.05) is 13.8 Å². The van der Waals surface area contributed by atoms with Gasteiger partial charge in [-0.3, -0.25) is 4.79 Å². The second kappa shape index (κ2) is 9.02. The van der Waals surface area contributed by atoms with Crippen molar-refractivity contribution in [1.29, 1.82) is 0 Å². The van der Waals surface area contributed by atoms with E-state index in [4.69, 9.17) is 9.47 Å². The zero-order valence-electron chi connectivity index (χ0n) is 15.4. The standard InChI is InChI=1S/C18H26N2O5S/c1-13(2)11-25-16-5-4-14(8-17(16)24-3)10-19-20-18(21)9-15-6-7-26(22,23)12-15/h4-5,8,10,13,15H,6-7,9,11-12H2,1-3H3,(H,20,21)/b19-10-/t15-/m1/s1. The Morgan fingerprint density at radius 3 is 2.77 bits per heavy atom. The summed E-state index contributed by atoms with van der Waals surface area (Å²) in [6.07, 6.45) is 2.22. The molecule has 0 radical (unpaired) electrons. The fraction of sp³-hybridized carbons (Fsp3) is 0.556. The summed E-state index contributed by atoms with van der Waals surface area (Å²) in [6.45, 7) is 4.73. The summed E-state index contributed by atoms with van der Waals surface area (Å²) >= 11 is 0. The molecule has 26 heavy (non-hydrogen) atoms.